The molecule has 0 atom stereocenters. The Hall–Kier alpha value is -2.58. The first-order valence-electron chi connectivity index (χ1n) is 9.13. The molecule has 2 aromatic rings. The van der Waals surface area contributed by atoms with Crippen LogP contribution >= 0.6 is 0 Å². The van der Waals surface area contributed by atoms with E-state index in [0.29, 0.717) is 30.3 Å². The molecule has 0 unspecified atom stereocenters. The van der Waals surface area contributed by atoms with Crippen LogP contribution in [0.15, 0.2) is 47.4 Å². The van der Waals surface area contributed by atoms with Crippen LogP contribution in [0, 0.1) is 0 Å². The highest BCUT2D eigenvalue weighted by Crippen LogP contribution is 2.34. The second-order valence-corrected chi connectivity index (χ2v) is 8.25. The van der Waals surface area contributed by atoms with Crippen LogP contribution in [0.4, 0.5) is 11.4 Å². The van der Waals surface area contributed by atoms with Gasteiger partial charge in [0.15, 0.2) is 0 Å². The summed E-state index contributed by atoms with van der Waals surface area (Å²) in [6, 6.07) is 11.7. The number of hydrogen-bond acceptors (Lipinski definition) is 5. The van der Waals surface area contributed by atoms with Crippen LogP contribution in [0.3, 0.4) is 0 Å². The Morgan fingerprint density at radius 1 is 1.18 bits per heavy atom. The van der Waals surface area contributed by atoms with Crippen molar-refractivity contribution in [3.05, 3.63) is 48.0 Å². The molecule has 1 N–H and O–H groups in total. The minimum Gasteiger partial charge on any atom is -0.497 e. The van der Waals surface area contributed by atoms with Crippen LogP contribution in [0.1, 0.15) is 18.9 Å². The molecule has 0 saturated carbocycles. The lowest BCUT2D eigenvalue weighted by Gasteiger charge is -2.31. The molecule has 0 aliphatic carbocycles. The zero-order valence-corrected chi connectivity index (χ0v) is 16.8. The molecule has 28 heavy (non-hydrogen) atoms. The Bertz CT molecular complexity index is 942. The van der Waals surface area contributed by atoms with Crippen LogP contribution in [0.25, 0.3) is 0 Å². The van der Waals surface area contributed by atoms with Gasteiger partial charge in [0.2, 0.25) is 5.91 Å². The molecule has 3 rings (SSSR count). The first-order valence-corrected chi connectivity index (χ1v) is 10.6. The topological polar surface area (TPSA) is 84.9 Å². The Kier molecular flexibility index (Phi) is 6.21. The predicted molar refractivity (Wildman–Crippen MR) is 107 cm³/mol. The van der Waals surface area contributed by atoms with Crippen LogP contribution in [0.2, 0.25) is 0 Å². The van der Waals surface area contributed by atoms with Crippen LogP contribution in [-0.2, 0) is 26.0 Å². The number of rotatable bonds is 7. The fourth-order valence-electron chi connectivity index (χ4n) is 3.14. The third kappa shape index (κ3) is 4.28. The summed E-state index contributed by atoms with van der Waals surface area (Å²) in [5.41, 5.74) is 2.07. The number of amides is 1. The molecule has 0 fully saturated rings. The van der Waals surface area contributed by atoms with Gasteiger partial charge in [-0.25, -0.2) is 8.42 Å². The van der Waals surface area contributed by atoms with Crippen molar-refractivity contribution in [1.82, 2.24) is 0 Å². The van der Waals surface area contributed by atoms with Gasteiger partial charge in [0.25, 0.3) is 10.0 Å². The van der Waals surface area contributed by atoms with Gasteiger partial charge in [-0.15, -0.1) is 0 Å². The molecule has 1 heterocycles. The Morgan fingerprint density at radius 2 is 1.93 bits per heavy atom. The number of nitrogens with one attached hydrogen (secondary N) is 1. The summed E-state index contributed by atoms with van der Waals surface area (Å²) in [6.07, 6.45) is 1.52. The highest BCUT2D eigenvalue weighted by Gasteiger charge is 2.29. The zero-order chi connectivity index (χ0) is 20.1. The van der Waals surface area contributed by atoms with Gasteiger partial charge in [-0.05, 0) is 61.7 Å². The molecule has 8 heteroatoms. The molecule has 1 amide bonds. The van der Waals surface area contributed by atoms with Gasteiger partial charge in [-0.3, -0.25) is 9.10 Å². The number of fused-ring (bicyclic) bond motifs is 1. The normalized spacial score (nSPS) is 13.7. The van der Waals surface area contributed by atoms with Crippen molar-refractivity contribution in [3.8, 4) is 5.75 Å². The van der Waals surface area contributed by atoms with Gasteiger partial charge >= 0.3 is 0 Å². The highest BCUT2D eigenvalue weighted by atomic mass is 32.2. The van der Waals surface area contributed by atoms with Crippen molar-refractivity contribution in [1.29, 1.82) is 0 Å². The number of carbonyl (C=O) groups is 1. The number of aryl methyl sites for hydroxylation is 1. The summed E-state index contributed by atoms with van der Waals surface area (Å²) >= 11 is 0. The van der Waals surface area contributed by atoms with E-state index < -0.39 is 10.0 Å². The molecule has 2 aromatic carbocycles. The summed E-state index contributed by atoms with van der Waals surface area (Å²) in [5.74, 6) is 0.319. The van der Waals surface area contributed by atoms with Gasteiger partial charge in [0, 0.05) is 18.8 Å². The standard InChI is InChI=1S/C20H24N2O5S/c1-3-27-14-20(23)21-16-7-6-15-5-4-12-22(19(15)13-16)28(24,25)18-10-8-17(26-2)9-11-18/h6-11,13H,3-5,12,14H2,1-2H3,(H,21,23). The van der Waals surface area contributed by atoms with Gasteiger partial charge < -0.3 is 14.8 Å². The summed E-state index contributed by atoms with van der Waals surface area (Å²) in [6.45, 7) is 2.61. The maximum absolute atomic E-state index is 13.2. The molecule has 0 bridgehead atoms. The molecular formula is C20H24N2O5S. The predicted octanol–water partition coefficient (Wildman–Crippen LogP) is 2.81. The number of nitrogens with zero attached hydrogens (tertiary/aromatic N) is 1. The average molecular weight is 404 g/mol. The molecule has 0 radical (unpaired) electrons. The third-order valence-corrected chi connectivity index (χ3v) is 6.36. The van der Waals surface area contributed by atoms with Crippen LogP contribution in [-0.4, -0.2) is 41.2 Å². The molecule has 0 aromatic heterocycles. The summed E-state index contributed by atoms with van der Waals surface area (Å²) in [5, 5.41) is 2.75. The van der Waals surface area contributed by atoms with Crippen molar-refractivity contribution in [2.45, 2.75) is 24.7 Å². The Morgan fingerprint density at radius 3 is 2.61 bits per heavy atom. The first-order chi connectivity index (χ1) is 13.5. The van der Waals surface area contributed by atoms with Crippen molar-refractivity contribution in [2.75, 3.05) is 36.5 Å². The summed E-state index contributed by atoms with van der Waals surface area (Å²) in [4.78, 5) is 12.1. The van der Waals surface area contributed by atoms with E-state index in [1.54, 1.807) is 24.3 Å². The van der Waals surface area contributed by atoms with Gasteiger partial charge in [-0.1, -0.05) is 6.07 Å². The number of carbonyl (C=O) groups excluding carboxylic acids is 1. The lowest BCUT2D eigenvalue weighted by Crippen LogP contribution is -2.35. The van der Waals surface area contributed by atoms with E-state index >= 15 is 0 Å². The third-order valence-electron chi connectivity index (χ3n) is 4.53. The zero-order valence-electron chi connectivity index (χ0n) is 16.0. The largest absolute Gasteiger partial charge is 0.497 e. The highest BCUT2D eigenvalue weighted by molar-refractivity contribution is 7.92. The molecular weight excluding hydrogens is 380 g/mol. The fourth-order valence-corrected chi connectivity index (χ4v) is 4.67. The molecule has 150 valence electrons. The minimum absolute atomic E-state index is 0.0402. The molecule has 1 aliphatic heterocycles. The molecule has 0 saturated heterocycles. The van der Waals surface area contributed by atoms with E-state index in [2.05, 4.69) is 5.32 Å². The van der Waals surface area contributed by atoms with E-state index in [0.717, 1.165) is 18.4 Å². The first kappa shape index (κ1) is 20.2. The van der Waals surface area contributed by atoms with Gasteiger partial charge in [0.1, 0.15) is 12.4 Å². The van der Waals surface area contributed by atoms with Crippen LogP contribution < -0.4 is 14.4 Å². The fraction of sp³-hybridized carbons (Fsp3) is 0.350. The number of benzene rings is 2. The monoisotopic (exact) mass is 404 g/mol. The maximum Gasteiger partial charge on any atom is 0.264 e. The van der Waals surface area contributed by atoms with Crippen LogP contribution in [0.5, 0.6) is 5.75 Å². The van der Waals surface area contributed by atoms with E-state index in [1.165, 1.54) is 23.5 Å². The van der Waals surface area contributed by atoms with Crippen molar-refractivity contribution < 1.29 is 22.7 Å². The van der Waals surface area contributed by atoms with E-state index in [-0.39, 0.29) is 17.4 Å². The molecule has 0 spiro atoms. The maximum atomic E-state index is 13.2. The van der Waals surface area contributed by atoms with E-state index in [1.807, 2.05) is 13.0 Å². The second kappa shape index (κ2) is 8.62. The summed E-state index contributed by atoms with van der Waals surface area (Å²) in [7, 11) is -2.19. The van der Waals surface area contributed by atoms with Crippen molar-refractivity contribution >= 4 is 27.3 Å². The Labute approximate surface area is 165 Å². The van der Waals surface area contributed by atoms with E-state index in [4.69, 9.17) is 9.47 Å². The van der Waals surface area contributed by atoms with Gasteiger partial charge in [0.05, 0.1) is 17.7 Å². The number of ether oxygens (including phenoxy) is 2. The smallest absolute Gasteiger partial charge is 0.264 e. The number of methoxy groups -OCH3 is 1. The van der Waals surface area contributed by atoms with Crippen molar-refractivity contribution in [2.24, 2.45) is 0 Å². The average Bonchev–Trinajstić information content (AvgIpc) is 2.71. The lowest BCUT2D eigenvalue weighted by molar-refractivity contribution is -0.120. The molecule has 1 aliphatic rings. The second-order valence-electron chi connectivity index (χ2n) is 6.39. The Balaban J connectivity index is 1.90. The number of hydrogen-bond donors (Lipinski definition) is 1. The van der Waals surface area contributed by atoms with Crippen molar-refractivity contribution in [3.63, 3.8) is 0 Å². The number of sulfonamides is 1. The SMILES string of the molecule is CCOCC(=O)Nc1ccc2c(c1)N(S(=O)(=O)c1ccc(OC)cc1)CCC2. The van der Waals surface area contributed by atoms with E-state index in [9.17, 15) is 13.2 Å². The quantitative estimate of drug-likeness (QED) is 0.767. The summed E-state index contributed by atoms with van der Waals surface area (Å²) < 4.78 is 38.0. The molecule has 7 nitrogen and oxygen atoms in total. The number of anilines is 2. The lowest BCUT2D eigenvalue weighted by atomic mass is 10.0. The minimum atomic E-state index is -3.72. The van der Waals surface area contributed by atoms with Gasteiger partial charge in [-0.2, -0.15) is 0 Å².